The Hall–Kier alpha value is -3.55. The summed E-state index contributed by atoms with van der Waals surface area (Å²) < 4.78 is 2.06. The van der Waals surface area contributed by atoms with Crippen molar-refractivity contribution in [1.29, 1.82) is 0 Å². The van der Waals surface area contributed by atoms with E-state index in [1.54, 1.807) is 17.5 Å². The fourth-order valence-corrected chi connectivity index (χ4v) is 4.36. The Kier molecular flexibility index (Phi) is 4.54. The Morgan fingerprint density at radius 3 is 2.63 bits per heavy atom. The van der Waals surface area contributed by atoms with Crippen LogP contribution in [0.5, 0.6) is 0 Å². The van der Waals surface area contributed by atoms with Crippen LogP contribution in [0, 0.1) is 0 Å². The van der Waals surface area contributed by atoms with E-state index in [0.29, 0.717) is 6.42 Å². The summed E-state index contributed by atoms with van der Waals surface area (Å²) >= 11 is 1.72. The monoisotopic (exact) mass is 413 g/mol. The Bertz CT molecular complexity index is 1360. The van der Waals surface area contributed by atoms with Crippen molar-refractivity contribution in [1.82, 2.24) is 14.5 Å². The zero-order valence-corrected chi connectivity index (χ0v) is 16.8. The van der Waals surface area contributed by atoms with Crippen molar-refractivity contribution in [2.45, 2.75) is 12.5 Å². The highest BCUT2D eigenvalue weighted by atomic mass is 32.1. The van der Waals surface area contributed by atoms with E-state index in [1.165, 1.54) is 4.88 Å². The number of hydrogen-bond donors (Lipinski definition) is 2. The largest absolute Gasteiger partial charge is 0.368 e. The van der Waals surface area contributed by atoms with E-state index in [9.17, 15) is 4.79 Å². The summed E-state index contributed by atoms with van der Waals surface area (Å²) in [6.45, 7) is 0. The lowest BCUT2D eigenvalue weighted by Gasteiger charge is -2.10. The van der Waals surface area contributed by atoms with Crippen molar-refractivity contribution in [2.75, 3.05) is 0 Å². The number of carbonyl (C=O) groups excluding carboxylic acids is 1. The number of pyridine rings is 1. The van der Waals surface area contributed by atoms with Gasteiger partial charge in [0, 0.05) is 16.0 Å². The summed E-state index contributed by atoms with van der Waals surface area (Å²) in [5.41, 5.74) is 16.9. The van der Waals surface area contributed by atoms with Crippen LogP contribution < -0.4 is 11.5 Å². The Balaban J connectivity index is 1.61. The number of rotatable bonds is 5. The minimum Gasteiger partial charge on any atom is -0.368 e. The quantitative estimate of drug-likeness (QED) is 0.459. The Morgan fingerprint density at radius 1 is 1.07 bits per heavy atom. The summed E-state index contributed by atoms with van der Waals surface area (Å²) in [5.74, 6) is -0.500. The minimum absolute atomic E-state index is 0.414. The van der Waals surface area contributed by atoms with E-state index in [2.05, 4.69) is 50.2 Å². The van der Waals surface area contributed by atoms with Gasteiger partial charge in [-0.15, -0.1) is 11.3 Å². The number of hydrogen-bond acceptors (Lipinski definition) is 5. The lowest BCUT2D eigenvalue weighted by molar-refractivity contribution is -0.119. The fraction of sp³-hybridized carbons (Fsp3) is 0.0870. The second-order valence-corrected chi connectivity index (χ2v) is 8.14. The molecule has 3 aromatic heterocycles. The molecule has 0 spiro atoms. The average molecular weight is 414 g/mol. The lowest BCUT2D eigenvalue weighted by atomic mass is 10.1. The topological polar surface area (TPSA) is 99.8 Å². The van der Waals surface area contributed by atoms with Crippen LogP contribution in [0.15, 0.2) is 72.5 Å². The molecule has 4 N–H and O–H groups in total. The molecule has 1 atom stereocenters. The van der Waals surface area contributed by atoms with Crippen LogP contribution in [0.3, 0.4) is 0 Å². The molecule has 30 heavy (non-hydrogen) atoms. The average Bonchev–Trinajstić information content (AvgIpc) is 3.44. The maximum atomic E-state index is 11.2. The SMILES string of the molecule is NC(=O)[C@H](N)Cc1ccc(-n2cnc3cnc4ccc(-c5cccs5)cc4c32)cc1. The molecule has 0 bridgehead atoms. The van der Waals surface area contributed by atoms with Gasteiger partial charge in [0.2, 0.25) is 5.91 Å². The van der Waals surface area contributed by atoms with Crippen molar-refractivity contribution >= 4 is 39.2 Å². The van der Waals surface area contributed by atoms with Gasteiger partial charge in [-0.25, -0.2) is 4.98 Å². The molecule has 6 nitrogen and oxygen atoms in total. The van der Waals surface area contributed by atoms with E-state index in [1.807, 2.05) is 30.6 Å². The van der Waals surface area contributed by atoms with E-state index < -0.39 is 11.9 Å². The molecule has 0 aliphatic heterocycles. The summed E-state index contributed by atoms with van der Waals surface area (Å²) in [7, 11) is 0. The van der Waals surface area contributed by atoms with Crippen LogP contribution >= 0.6 is 11.3 Å². The molecule has 2 aromatic carbocycles. The maximum Gasteiger partial charge on any atom is 0.234 e. The number of nitrogens with zero attached hydrogens (tertiary/aromatic N) is 3. The highest BCUT2D eigenvalue weighted by Crippen LogP contribution is 2.31. The van der Waals surface area contributed by atoms with Gasteiger partial charge < -0.3 is 11.5 Å². The number of fused-ring (bicyclic) bond motifs is 3. The number of aromatic nitrogens is 3. The number of thiophene rings is 1. The molecule has 148 valence electrons. The molecule has 7 heteroatoms. The number of carbonyl (C=O) groups is 1. The van der Waals surface area contributed by atoms with Gasteiger partial charge in [-0.05, 0) is 53.3 Å². The van der Waals surface area contributed by atoms with Crippen molar-refractivity contribution in [3.63, 3.8) is 0 Å². The maximum absolute atomic E-state index is 11.2. The van der Waals surface area contributed by atoms with Gasteiger partial charge in [0.25, 0.3) is 0 Å². The predicted molar refractivity (Wildman–Crippen MR) is 121 cm³/mol. The molecule has 5 rings (SSSR count). The van der Waals surface area contributed by atoms with Gasteiger partial charge in [-0.3, -0.25) is 14.3 Å². The van der Waals surface area contributed by atoms with Gasteiger partial charge in [0.1, 0.15) is 11.8 Å². The second-order valence-electron chi connectivity index (χ2n) is 7.20. The second kappa shape index (κ2) is 7.37. The molecule has 1 amide bonds. The van der Waals surface area contributed by atoms with Crippen LogP contribution in [-0.4, -0.2) is 26.5 Å². The summed E-state index contributed by atoms with van der Waals surface area (Å²) in [4.78, 5) is 21.6. The molecule has 0 unspecified atom stereocenters. The number of imidazole rings is 1. The number of primary amides is 1. The highest BCUT2D eigenvalue weighted by Gasteiger charge is 2.13. The molecule has 5 aromatic rings. The Morgan fingerprint density at radius 2 is 1.90 bits per heavy atom. The molecule has 0 radical (unpaired) electrons. The van der Waals surface area contributed by atoms with Crippen LogP contribution in [0.1, 0.15) is 5.56 Å². The third kappa shape index (κ3) is 3.24. The highest BCUT2D eigenvalue weighted by molar-refractivity contribution is 7.13. The molecule has 0 fully saturated rings. The van der Waals surface area contributed by atoms with Gasteiger partial charge in [-0.1, -0.05) is 24.3 Å². The van der Waals surface area contributed by atoms with Crippen molar-refractivity contribution in [3.8, 4) is 16.1 Å². The summed E-state index contributed by atoms with van der Waals surface area (Å²) in [5, 5.41) is 3.13. The van der Waals surface area contributed by atoms with Crippen LogP contribution in [-0.2, 0) is 11.2 Å². The molecule has 0 saturated heterocycles. The van der Waals surface area contributed by atoms with Gasteiger partial charge in [0.05, 0.1) is 23.3 Å². The Labute approximate surface area is 176 Å². The first-order valence-electron chi connectivity index (χ1n) is 9.54. The minimum atomic E-state index is -0.685. The molecule has 0 saturated carbocycles. The van der Waals surface area contributed by atoms with Gasteiger partial charge in [0.15, 0.2) is 0 Å². The molecule has 3 heterocycles. The first-order valence-corrected chi connectivity index (χ1v) is 10.4. The summed E-state index contributed by atoms with van der Waals surface area (Å²) in [6, 6.07) is 17.7. The van der Waals surface area contributed by atoms with E-state index in [-0.39, 0.29) is 0 Å². The molecule has 0 aliphatic carbocycles. The standard InChI is InChI=1S/C23H19N5OS/c24-18(23(25)29)10-14-3-6-16(7-4-14)28-13-27-20-12-26-19-8-5-15(11-17(19)22(20)28)21-2-1-9-30-21/h1-9,11-13,18H,10,24H2,(H2,25,29)/t18-/m1/s1. The molecular formula is C23H19N5OS. The fourth-order valence-electron chi connectivity index (χ4n) is 3.63. The molecule has 0 aliphatic rings. The third-order valence-electron chi connectivity index (χ3n) is 5.21. The van der Waals surface area contributed by atoms with Crippen LogP contribution in [0.4, 0.5) is 0 Å². The summed E-state index contributed by atoms with van der Waals surface area (Å²) in [6.07, 6.45) is 4.03. The number of nitrogens with two attached hydrogens (primary N) is 2. The normalized spacial score (nSPS) is 12.4. The number of amides is 1. The van der Waals surface area contributed by atoms with Crippen molar-refractivity contribution in [2.24, 2.45) is 11.5 Å². The number of benzene rings is 2. The van der Waals surface area contributed by atoms with E-state index in [4.69, 9.17) is 11.5 Å². The third-order valence-corrected chi connectivity index (χ3v) is 6.13. The van der Waals surface area contributed by atoms with Gasteiger partial charge >= 0.3 is 0 Å². The smallest absolute Gasteiger partial charge is 0.234 e. The first-order chi connectivity index (χ1) is 14.6. The lowest BCUT2D eigenvalue weighted by Crippen LogP contribution is -2.38. The molecular weight excluding hydrogens is 394 g/mol. The van der Waals surface area contributed by atoms with Crippen molar-refractivity contribution in [3.05, 3.63) is 78.1 Å². The van der Waals surface area contributed by atoms with Gasteiger partial charge in [-0.2, -0.15) is 0 Å². The van der Waals surface area contributed by atoms with Crippen LogP contribution in [0.2, 0.25) is 0 Å². The first kappa shape index (κ1) is 18.5. The van der Waals surface area contributed by atoms with Crippen molar-refractivity contribution < 1.29 is 4.79 Å². The van der Waals surface area contributed by atoms with E-state index >= 15 is 0 Å². The zero-order chi connectivity index (χ0) is 20.7. The predicted octanol–water partition coefficient (Wildman–Crippen LogP) is 3.66. The zero-order valence-electron chi connectivity index (χ0n) is 16.0. The van der Waals surface area contributed by atoms with Crippen LogP contribution in [0.25, 0.3) is 38.1 Å². The van der Waals surface area contributed by atoms with E-state index in [0.717, 1.165) is 38.8 Å².